The number of aliphatic hydroxyl groups is 1. The topological polar surface area (TPSA) is 78.4 Å². The molecule has 0 aliphatic rings. The molecule has 0 saturated heterocycles. The highest BCUT2D eigenvalue weighted by atomic mass is 16.3. The number of rotatable bonds is 4. The number of nitrogens with one attached hydrogen (secondary N) is 1. The van der Waals surface area contributed by atoms with E-state index >= 15 is 0 Å². The van der Waals surface area contributed by atoms with Gasteiger partial charge in [0.05, 0.1) is 24.5 Å². The van der Waals surface area contributed by atoms with Crippen molar-refractivity contribution in [3.63, 3.8) is 0 Å². The summed E-state index contributed by atoms with van der Waals surface area (Å²) >= 11 is 0. The van der Waals surface area contributed by atoms with Crippen LogP contribution < -0.4 is 5.32 Å². The van der Waals surface area contributed by atoms with Crippen molar-refractivity contribution in [2.45, 2.75) is 19.4 Å². The molecule has 0 aliphatic carbocycles. The lowest BCUT2D eigenvalue weighted by Crippen LogP contribution is -2.47. The van der Waals surface area contributed by atoms with Gasteiger partial charge in [-0.05, 0) is 13.8 Å². The molecule has 0 aromatic carbocycles. The van der Waals surface area contributed by atoms with Gasteiger partial charge in [0, 0.05) is 14.1 Å². The van der Waals surface area contributed by atoms with Crippen LogP contribution in [0.5, 0.6) is 0 Å². The van der Waals surface area contributed by atoms with E-state index in [-0.39, 0.29) is 18.2 Å². The molecular weight excluding hydrogens is 220 g/mol. The van der Waals surface area contributed by atoms with Gasteiger partial charge in [0.2, 0.25) is 0 Å². The molecule has 0 unspecified atom stereocenters. The second kappa shape index (κ2) is 5.09. The summed E-state index contributed by atoms with van der Waals surface area (Å²) in [6.07, 6.45) is 2.91. The number of carbonyl (C=O) groups excluding carboxylic acids is 1. The molecule has 1 aromatic heterocycles. The van der Waals surface area contributed by atoms with Crippen molar-refractivity contribution in [1.82, 2.24) is 14.9 Å². The number of hydrogen-bond donors (Lipinski definition) is 2. The van der Waals surface area contributed by atoms with Crippen LogP contribution in [0.25, 0.3) is 0 Å². The quantitative estimate of drug-likeness (QED) is 0.792. The van der Waals surface area contributed by atoms with Crippen LogP contribution in [0.1, 0.15) is 24.3 Å². The maximum atomic E-state index is 12.0. The Morgan fingerprint density at radius 2 is 2.12 bits per heavy atom. The lowest BCUT2D eigenvalue weighted by molar-refractivity contribution is 0.0467. The summed E-state index contributed by atoms with van der Waals surface area (Å²) in [7, 11) is 3.36. The van der Waals surface area contributed by atoms with Crippen molar-refractivity contribution < 1.29 is 9.90 Å². The zero-order chi connectivity index (χ0) is 13.1. The molecule has 17 heavy (non-hydrogen) atoms. The van der Waals surface area contributed by atoms with E-state index in [9.17, 15) is 9.90 Å². The lowest BCUT2D eigenvalue weighted by Gasteiger charge is -2.33. The Balaban J connectivity index is 2.89. The molecule has 1 aromatic rings. The summed E-state index contributed by atoms with van der Waals surface area (Å²) in [4.78, 5) is 21.5. The summed E-state index contributed by atoms with van der Waals surface area (Å²) in [6, 6.07) is 0. The Hall–Kier alpha value is -1.69. The van der Waals surface area contributed by atoms with E-state index in [4.69, 9.17) is 0 Å². The fourth-order valence-electron chi connectivity index (χ4n) is 1.12. The van der Waals surface area contributed by atoms with Crippen molar-refractivity contribution in [3.8, 4) is 0 Å². The van der Waals surface area contributed by atoms with Crippen LogP contribution in [0.4, 0.5) is 5.82 Å². The van der Waals surface area contributed by atoms with Crippen LogP contribution >= 0.6 is 0 Å². The third kappa shape index (κ3) is 2.91. The van der Waals surface area contributed by atoms with Gasteiger partial charge in [-0.3, -0.25) is 4.79 Å². The van der Waals surface area contributed by atoms with Gasteiger partial charge in [-0.15, -0.1) is 0 Å². The van der Waals surface area contributed by atoms with Crippen molar-refractivity contribution >= 4 is 11.7 Å². The van der Waals surface area contributed by atoms with Gasteiger partial charge in [0.25, 0.3) is 5.91 Å². The van der Waals surface area contributed by atoms with Gasteiger partial charge in [0.1, 0.15) is 11.5 Å². The van der Waals surface area contributed by atoms with Crippen LogP contribution in [0, 0.1) is 0 Å². The summed E-state index contributed by atoms with van der Waals surface area (Å²) in [5.41, 5.74) is -0.367. The fourth-order valence-corrected chi connectivity index (χ4v) is 1.12. The Morgan fingerprint density at radius 1 is 1.47 bits per heavy atom. The van der Waals surface area contributed by atoms with Gasteiger partial charge in [-0.1, -0.05) is 0 Å². The summed E-state index contributed by atoms with van der Waals surface area (Å²) < 4.78 is 0. The molecule has 6 nitrogen and oxygen atoms in total. The molecule has 94 valence electrons. The average molecular weight is 238 g/mol. The summed E-state index contributed by atoms with van der Waals surface area (Å²) in [5, 5.41) is 12.0. The van der Waals surface area contributed by atoms with Crippen molar-refractivity contribution in [2.24, 2.45) is 0 Å². The van der Waals surface area contributed by atoms with E-state index in [0.717, 1.165) is 0 Å². The number of amides is 1. The average Bonchev–Trinajstić information content (AvgIpc) is 2.37. The van der Waals surface area contributed by atoms with Crippen molar-refractivity contribution in [2.75, 3.05) is 26.0 Å². The fraction of sp³-hybridized carbons (Fsp3) is 0.545. The number of aliphatic hydroxyl groups excluding tert-OH is 1. The second-order valence-corrected chi connectivity index (χ2v) is 4.37. The van der Waals surface area contributed by atoms with E-state index in [1.165, 1.54) is 17.3 Å². The number of aromatic nitrogens is 2. The molecular formula is C11H18N4O2. The Labute approximate surface area is 101 Å². The Morgan fingerprint density at radius 3 is 2.53 bits per heavy atom. The highest BCUT2D eigenvalue weighted by Crippen LogP contribution is 2.14. The number of anilines is 1. The SMILES string of the molecule is CNc1cnc(C(=O)N(C)C(C)(C)CO)cn1. The first-order valence-electron chi connectivity index (χ1n) is 5.31. The largest absolute Gasteiger partial charge is 0.394 e. The minimum absolute atomic E-state index is 0.114. The molecule has 1 heterocycles. The number of carbonyl (C=O) groups is 1. The molecule has 0 radical (unpaired) electrons. The van der Waals surface area contributed by atoms with E-state index in [0.29, 0.717) is 5.82 Å². The van der Waals surface area contributed by atoms with Crippen LogP contribution in [-0.2, 0) is 0 Å². The minimum Gasteiger partial charge on any atom is -0.394 e. The smallest absolute Gasteiger partial charge is 0.274 e. The molecule has 1 amide bonds. The van der Waals surface area contributed by atoms with E-state index in [1.54, 1.807) is 27.9 Å². The molecule has 0 atom stereocenters. The predicted molar refractivity (Wildman–Crippen MR) is 64.8 cm³/mol. The minimum atomic E-state index is -0.625. The number of nitrogens with zero attached hydrogens (tertiary/aromatic N) is 3. The normalized spacial score (nSPS) is 11.1. The number of likely N-dealkylation sites (N-methyl/N-ethyl adjacent to an activating group) is 1. The van der Waals surface area contributed by atoms with E-state index < -0.39 is 5.54 Å². The maximum Gasteiger partial charge on any atom is 0.274 e. The highest BCUT2D eigenvalue weighted by Gasteiger charge is 2.28. The molecule has 0 fully saturated rings. The standard InChI is InChI=1S/C11H18N4O2/c1-11(2,7-16)15(4)10(17)8-5-14-9(12-3)6-13-8/h5-6,16H,7H2,1-4H3,(H,12,14). The van der Waals surface area contributed by atoms with Crippen molar-refractivity contribution in [3.05, 3.63) is 18.1 Å². The van der Waals surface area contributed by atoms with E-state index in [1.807, 2.05) is 0 Å². The molecule has 0 saturated carbocycles. The third-order valence-corrected chi connectivity index (χ3v) is 2.73. The summed E-state index contributed by atoms with van der Waals surface area (Å²) in [6.45, 7) is 3.44. The Kier molecular flexibility index (Phi) is 4.01. The van der Waals surface area contributed by atoms with Gasteiger partial charge >= 0.3 is 0 Å². The van der Waals surface area contributed by atoms with E-state index in [2.05, 4.69) is 15.3 Å². The van der Waals surface area contributed by atoms with Crippen molar-refractivity contribution in [1.29, 1.82) is 0 Å². The molecule has 1 rings (SSSR count). The van der Waals surface area contributed by atoms with Gasteiger partial charge in [-0.2, -0.15) is 0 Å². The molecule has 0 aliphatic heterocycles. The zero-order valence-corrected chi connectivity index (χ0v) is 10.6. The van der Waals surface area contributed by atoms with Crippen LogP contribution in [0.2, 0.25) is 0 Å². The van der Waals surface area contributed by atoms with Gasteiger partial charge < -0.3 is 15.3 Å². The van der Waals surface area contributed by atoms with Crippen LogP contribution in [0.15, 0.2) is 12.4 Å². The molecule has 2 N–H and O–H groups in total. The summed E-state index contributed by atoms with van der Waals surface area (Å²) in [5.74, 6) is 0.338. The highest BCUT2D eigenvalue weighted by molar-refractivity contribution is 5.92. The molecule has 0 spiro atoms. The van der Waals surface area contributed by atoms with Gasteiger partial charge in [-0.25, -0.2) is 9.97 Å². The number of hydrogen-bond acceptors (Lipinski definition) is 5. The maximum absolute atomic E-state index is 12.0. The monoisotopic (exact) mass is 238 g/mol. The predicted octanol–water partition coefficient (Wildman–Crippen LogP) is 0.361. The second-order valence-electron chi connectivity index (χ2n) is 4.37. The lowest BCUT2D eigenvalue weighted by atomic mass is 10.0. The van der Waals surface area contributed by atoms with Gasteiger partial charge in [0.15, 0.2) is 0 Å². The van der Waals surface area contributed by atoms with Crippen LogP contribution in [0.3, 0.4) is 0 Å². The Bertz CT molecular complexity index is 389. The first-order chi connectivity index (χ1) is 7.92. The first-order valence-corrected chi connectivity index (χ1v) is 5.31. The first kappa shape index (κ1) is 13.4. The molecule has 0 bridgehead atoms. The van der Waals surface area contributed by atoms with Crippen LogP contribution in [-0.4, -0.2) is 52.1 Å². The third-order valence-electron chi connectivity index (χ3n) is 2.73. The molecule has 6 heteroatoms. The zero-order valence-electron chi connectivity index (χ0n) is 10.6.